The molecule has 0 aliphatic carbocycles. The number of aryl methyl sites for hydroxylation is 4. The van der Waals surface area contributed by atoms with E-state index in [1.807, 2.05) is 12.1 Å². The minimum atomic E-state index is -0.0378. The molecule has 0 heterocycles. The Bertz CT molecular complexity index is 819. The summed E-state index contributed by atoms with van der Waals surface area (Å²) in [4.78, 5) is 0. The van der Waals surface area contributed by atoms with Gasteiger partial charge in [-0.15, -0.1) is 0 Å². The standard InChI is InChI=1S/C23H32N4S2/c1-15-7-9-19(11-17(15)3)26-21(28)24-13-23(5,6)14-25-22(29)27-20-10-8-16(2)18(4)12-20/h7-12H,13-14H2,1-6H3,(H2,24,26,28)(H2,25,27,29). The van der Waals surface area contributed by atoms with Gasteiger partial charge in [-0.3, -0.25) is 0 Å². The highest BCUT2D eigenvalue weighted by molar-refractivity contribution is 7.80. The van der Waals surface area contributed by atoms with E-state index in [1.54, 1.807) is 0 Å². The maximum atomic E-state index is 5.44. The summed E-state index contributed by atoms with van der Waals surface area (Å²) in [6, 6.07) is 12.5. The Balaban J connectivity index is 1.78. The van der Waals surface area contributed by atoms with Gasteiger partial charge < -0.3 is 21.3 Å². The van der Waals surface area contributed by atoms with Crippen molar-refractivity contribution in [2.24, 2.45) is 5.41 Å². The summed E-state index contributed by atoms with van der Waals surface area (Å²) in [7, 11) is 0. The molecule has 0 bridgehead atoms. The molecule has 4 N–H and O–H groups in total. The van der Waals surface area contributed by atoms with E-state index in [4.69, 9.17) is 24.4 Å². The van der Waals surface area contributed by atoms with Crippen LogP contribution in [0.5, 0.6) is 0 Å². The van der Waals surface area contributed by atoms with Gasteiger partial charge in [0.05, 0.1) is 0 Å². The average molecular weight is 429 g/mol. The first kappa shape index (κ1) is 23.1. The summed E-state index contributed by atoms with van der Waals surface area (Å²) in [5.41, 5.74) is 6.99. The minimum absolute atomic E-state index is 0.0378. The number of hydrogen-bond donors (Lipinski definition) is 4. The molecule has 0 unspecified atom stereocenters. The molecule has 0 aliphatic rings. The number of benzene rings is 2. The molecule has 0 aliphatic heterocycles. The largest absolute Gasteiger partial charge is 0.362 e. The van der Waals surface area contributed by atoms with Gasteiger partial charge >= 0.3 is 0 Å². The van der Waals surface area contributed by atoms with Crippen LogP contribution in [0.2, 0.25) is 0 Å². The Kier molecular flexibility index (Phi) is 7.99. The van der Waals surface area contributed by atoms with Crippen LogP contribution in [-0.2, 0) is 0 Å². The molecule has 0 spiro atoms. The lowest BCUT2D eigenvalue weighted by Crippen LogP contribution is -2.44. The van der Waals surface area contributed by atoms with Gasteiger partial charge in [0.15, 0.2) is 10.2 Å². The second kappa shape index (κ2) is 10.0. The highest BCUT2D eigenvalue weighted by atomic mass is 32.1. The van der Waals surface area contributed by atoms with Crippen LogP contribution in [0.3, 0.4) is 0 Å². The van der Waals surface area contributed by atoms with Crippen molar-refractivity contribution >= 4 is 46.0 Å². The lowest BCUT2D eigenvalue weighted by atomic mass is 9.93. The molecule has 156 valence electrons. The number of thiocarbonyl (C=S) groups is 2. The molecule has 0 aromatic heterocycles. The first-order valence-corrected chi connectivity index (χ1v) is 10.6. The van der Waals surface area contributed by atoms with Crippen molar-refractivity contribution in [3.8, 4) is 0 Å². The summed E-state index contributed by atoms with van der Waals surface area (Å²) in [5.74, 6) is 0. The van der Waals surface area contributed by atoms with Gasteiger partial charge in [-0.05, 0) is 104 Å². The molecule has 2 aromatic carbocycles. The third kappa shape index (κ3) is 7.63. The Morgan fingerprint density at radius 1 is 0.690 bits per heavy atom. The molecule has 2 aromatic rings. The SMILES string of the molecule is Cc1ccc(NC(=S)NCC(C)(C)CNC(=S)Nc2ccc(C)c(C)c2)cc1C. The van der Waals surface area contributed by atoms with Crippen LogP contribution in [0.15, 0.2) is 36.4 Å². The van der Waals surface area contributed by atoms with Crippen LogP contribution < -0.4 is 21.3 Å². The number of anilines is 2. The zero-order valence-corrected chi connectivity index (χ0v) is 19.8. The molecular formula is C23H32N4S2. The Labute approximate surface area is 185 Å². The van der Waals surface area contributed by atoms with Crippen molar-refractivity contribution in [2.45, 2.75) is 41.5 Å². The van der Waals surface area contributed by atoms with Gasteiger partial charge in [0.25, 0.3) is 0 Å². The van der Waals surface area contributed by atoms with Gasteiger partial charge in [0, 0.05) is 24.5 Å². The summed E-state index contributed by atoms with van der Waals surface area (Å²) in [5, 5.41) is 14.4. The van der Waals surface area contributed by atoms with Gasteiger partial charge in [-0.25, -0.2) is 0 Å². The topological polar surface area (TPSA) is 48.1 Å². The molecule has 4 nitrogen and oxygen atoms in total. The second-order valence-electron chi connectivity index (χ2n) is 8.38. The molecule has 0 fully saturated rings. The fourth-order valence-corrected chi connectivity index (χ4v) is 3.07. The van der Waals surface area contributed by atoms with Crippen molar-refractivity contribution in [3.05, 3.63) is 58.7 Å². The first-order valence-electron chi connectivity index (χ1n) is 9.80. The summed E-state index contributed by atoms with van der Waals surface area (Å²) in [6.07, 6.45) is 0. The fraction of sp³-hybridized carbons (Fsp3) is 0.391. The lowest BCUT2D eigenvalue weighted by Gasteiger charge is -2.27. The van der Waals surface area contributed by atoms with E-state index in [9.17, 15) is 0 Å². The zero-order chi connectivity index (χ0) is 21.6. The van der Waals surface area contributed by atoms with Gasteiger partial charge in [0.1, 0.15) is 0 Å². The minimum Gasteiger partial charge on any atom is -0.362 e. The zero-order valence-electron chi connectivity index (χ0n) is 18.2. The van der Waals surface area contributed by atoms with Crippen LogP contribution in [0.1, 0.15) is 36.1 Å². The molecule has 0 amide bonds. The summed E-state index contributed by atoms with van der Waals surface area (Å²) >= 11 is 10.9. The number of hydrogen-bond acceptors (Lipinski definition) is 2. The molecule has 0 saturated carbocycles. The van der Waals surface area contributed by atoms with E-state index >= 15 is 0 Å². The van der Waals surface area contributed by atoms with E-state index < -0.39 is 0 Å². The van der Waals surface area contributed by atoms with Crippen molar-refractivity contribution in [3.63, 3.8) is 0 Å². The monoisotopic (exact) mass is 428 g/mol. The second-order valence-corrected chi connectivity index (χ2v) is 9.19. The number of rotatable bonds is 6. The van der Waals surface area contributed by atoms with Crippen molar-refractivity contribution in [1.82, 2.24) is 10.6 Å². The smallest absolute Gasteiger partial charge is 0.170 e. The molecule has 6 heteroatoms. The third-order valence-corrected chi connectivity index (χ3v) is 5.48. The molecule has 29 heavy (non-hydrogen) atoms. The fourth-order valence-electron chi connectivity index (χ4n) is 2.69. The third-order valence-electron chi connectivity index (χ3n) is 4.98. The van der Waals surface area contributed by atoms with Crippen LogP contribution in [0.4, 0.5) is 11.4 Å². The number of nitrogens with one attached hydrogen (secondary N) is 4. The highest BCUT2D eigenvalue weighted by Crippen LogP contribution is 2.16. The van der Waals surface area contributed by atoms with Crippen LogP contribution in [-0.4, -0.2) is 23.3 Å². The molecular weight excluding hydrogens is 396 g/mol. The van der Waals surface area contributed by atoms with Gasteiger partial charge in [-0.2, -0.15) is 0 Å². The predicted octanol–water partition coefficient (Wildman–Crippen LogP) is 5.22. The van der Waals surface area contributed by atoms with Gasteiger partial charge in [-0.1, -0.05) is 26.0 Å². The molecule has 0 radical (unpaired) electrons. The van der Waals surface area contributed by atoms with Crippen LogP contribution >= 0.6 is 24.4 Å². The maximum absolute atomic E-state index is 5.44. The maximum Gasteiger partial charge on any atom is 0.170 e. The van der Waals surface area contributed by atoms with Gasteiger partial charge in [0.2, 0.25) is 0 Å². The van der Waals surface area contributed by atoms with Crippen molar-refractivity contribution < 1.29 is 0 Å². The van der Waals surface area contributed by atoms with E-state index in [0.717, 1.165) is 24.5 Å². The van der Waals surface area contributed by atoms with E-state index in [-0.39, 0.29) is 5.41 Å². The van der Waals surface area contributed by atoms with Crippen LogP contribution in [0.25, 0.3) is 0 Å². The first-order chi connectivity index (χ1) is 13.6. The molecule has 2 rings (SSSR count). The van der Waals surface area contributed by atoms with Crippen LogP contribution in [0, 0.1) is 33.1 Å². The highest BCUT2D eigenvalue weighted by Gasteiger charge is 2.18. The van der Waals surface area contributed by atoms with E-state index in [2.05, 4.69) is 87.1 Å². The Morgan fingerprint density at radius 3 is 1.41 bits per heavy atom. The van der Waals surface area contributed by atoms with E-state index in [0.29, 0.717) is 10.2 Å². The summed E-state index contributed by atoms with van der Waals surface area (Å²) in [6.45, 7) is 14.2. The normalized spacial score (nSPS) is 11.0. The molecule has 0 saturated heterocycles. The quantitative estimate of drug-likeness (QED) is 0.473. The molecule has 0 atom stereocenters. The lowest BCUT2D eigenvalue weighted by molar-refractivity contribution is 0.362. The van der Waals surface area contributed by atoms with Crippen molar-refractivity contribution in [2.75, 3.05) is 23.7 Å². The Hall–Kier alpha value is -2.18. The van der Waals surface area contributed by atoms with Crippen molar-refractivity contribution in [1.29, 1.82) is 0 Å². The Morgan fingerprint density at radius 2 is 1.07 bits per heavy atom. The summed E-state index contributed by atoms with van der Waals surface area (Å²) < 4.78 is 0. The van der Waals surface area contributed by atoms with E-state index in [1.165, 1.54) is 22.3 Å². The average Bonchev–Trinajstić information content (AvgIpc) is 2.65. The predicted molar refractivity (Wildman–Crippen MR) is 134 cm³/mol.